The molecule has 0 saturated heterocycles. The third-order valence-electron chi connectivity index (χ3n) is 3.75. The smallest absolute Gasteiger partial charge is 0.270 e. The summed E-state index contributed by atoms with van der Waals surface area (Å²) in [5.74, 6) is 0.505. The van der Waals surface area contributed by atoms with Crippen molar-refractivity contribution in [3.05, 3.63) is 64.4 Å². The number of benzene rings is 1. The number of hydrogen-bond donors (Lipinski definition) is 1. The monoisotopic (exact) mass is 344 g/mol. The van der Waals surface area contributed by atoms with E-state index >= 15 is 0 Å². The maximum atomic E-state index is 12.3. The standard InChI is InChI=1S/C17H17BrN2O/c18-16-8-4-7-14(19-16)17(21)20-15(13-9-10-13)11-12-5-2-1-3-6-12/h1-8,13,15H,9-11H2,(H,20,21)/t15-/m1/s1. The molecule has 2 aromatic rings. The van der Waals surface area contributed by atoms with E-state index in [-0.39, 0.29) is 11.9 Å². The van der Waals surface area contributed by atoms with Crippen LogP contribution in [0.5, 0.6) is 0 Å². The molecule has 4 heteroatoms. The van der Waals surface area contributed by atoms with E-state index in [9.17, 15) is 4.79 Å². The first-order valence-corrected chi connectivity index (χ1v) is 7.99. The lowest BCUT2D eigenvalue weighted by atomic mass is 10.0. The Hall–Kier alpha value is -1.68. The molecule has 1 heterocycles. The Balaban J connectivity index is 1.69. The number of rotatable bonds is 5. The third-order valence-corrected chi connectivity index (χ3v) is 4.20. The zero-order chi connectivity index (χ0) is 14.7. The van der Waals surface area contributed by atoms with Crippen molar-refractivity contribution in [2.75, 3.05) is 0 Å². The minimum atomic E-state index is -0.0934. The maximum absolute atomic E-state index is 12.3. The number of carbonyl (C=O) groups is 1. The Morgan fingerprint density at radius 1 is 1.19 bits per heavy atom. The number of amides is 1. The number of nitrogens with one attached hydrogen (secondary N) is 1. The van der Waals surface area contributed by atoms with Gasteiger partial charge in [0.15, 0.2) is 0 Å². The summed E-state index contributed by atoms with van der Waals surface area (Å²) in [5, 5.41) is 3.15. The summed E-state index contributed by atoms with van der Waals surface area (Å²) in [6, 6.07) is 15.9. The van der Waals surface area contributed by atoms with Crippen molar-refractivity contribution < 1.29 is 4.79 Å². The number of pyridine rings is 1. The van der Waals surface area contributed by atoms with E-state index in [4.69, 9.17) is 0 Å². The summed E-state index contributed by atoms with van der Waals surface area (Å²) >= 11 is 3.30. The Morgan fingerprint density at radius 3 is 2.62 bits per heavy atom. The van der Waals surface area contributed by atoms with Crippen molar-refractivity contribution in [3.63, 3.8) is 0 Å². The quantitative estimate of drug-likeness (QED) is 0.842. The molecule has 1 N–H and O–H groups in total. The fourth-order valence-electron chi connectivity index (χ4n) is 2.48. The lowest BCUT2D eigenvalue weighted by Crippen LogP contribution is -2.38. The first kappa shape index (κ1) is 14.3. The van der Waals surface area contributed by atoms with Crippen molar-refractivity contribution in [1.29, 1.82) is 0 Å². The highest BCUT2D eigenvalue weighted by Gasteiger charge is 2.32. The highest BCUT2D eigenvalue weighted by molar-refractivity contribution is 9.10. The normalized spacial score (nSPS) is 15.5. The molecule has 1 aliphatic carbocycles. The predicted molar refractivity (Wildman–Crippen MR) is 86.1 cm³/mol. The van der Waals surface area contributed by atoms with E-state index in [1.807, 2.05) is 30.3 Å². The molecule has 1 aliphatic rings. The van der Waals surface area contributed by atoms with Gasteiger partial charge in [-0.1, -0.05) is 36.4 Å². The van der Waals surface area contributed by atoms with Gasteiger partial charge in [0, 0.05) is 6.04 Å². The molecule has 0 bridgehead atoms. The van der Waals surface area contributed by atoms with Gasteiger partial charge in [-0.2, -0.15) is 0 Å². The van der Waals surface area contributed by atoms with Crippen molar-refractivity contribution in [2.45, 2.75) is 25.3 Å². The number of nitrogens with zero attached hydrogens (tertiary/aromatic N) is 1. The van der Waals surface area contributed by atoms with Crippen LogP contribution in [0.15, 0.2) is 53.1 Å². The van der Waals surface area contributed by atoms with E-state index < -0.39 is 0 Å². The van der Waals surface area contributed by atoms with Gasteiger partial charge < -0.3 is 5.32 Å². The molecule has 1 amide bonds. The van der Waals surface area contributed by atoms with Crippen LogP contribution in [-0.4, -0.2) is 16.9 Å². The number of halogens is 1. The summed E-state index contributed by atoms with van der Waals surface area (Å²) in [5.41, 5.74) is 1.72. The van der Waals surface area contributed by atoms with Crippen LogP contribution in [0, 0.1) is 5.92 Å². The first-order chi connectivity index (χ1) is 10.2. The van der Waals surface area contributed by atoms with Crippen molar-refractivity contribution in [2.24, 2.45) is 5.92 Å². The van der Waals surface area contributed by atoms with Crippen LogP contribution in [0.2, 0.25) is 0 Å². The number of hydrogen-bond acceptors (Lipinski definition) is 2. The average Bonchev–Trinajstić information content (AvgIpc) is 3.32. The minimum absolute atomic E-state index is 0.0934. The molecule has 3 nitrogen and oxygen atoms in total. The van der Waals surface area contributed by atoms with Crippen LogP contribution in [-0.2, 0) is 6.42 Å². The van der Waals surface area contributed by atoms with Gasteiger partial charge in [0.1, 0.15) is 10.3 Å². The lowest BCUT2D eigenvalue weighted by Gasteiger charge is -2.18. The third kappa shape index (κ3) is 3.91. The zero-order valence-electron chi connectivity index (χ0n) is 11.6. The number of aromatic nitrogens is 1. The molecule has 1 aromatic carbocycles. The second kappa shape index (κ2) is 6.39. The molecule has 0 radical (unpaired) electrons. The maximum Gasteiger partial charge on any atom is 0.270 e. The topological polar surface area (TPSA) is 42.0 Å². The van der Waals surface area contributed by atoms with E-state index in [2.05, 4.69) is 38.4 Å². The second-order valence-corrected chi connectivity index (χ2v) is 6.27. The van der Waals surface area contributed by atoms with Gasteiger partial charge in [0.25, 0.3) is 5.91 Å². The van der Waals surface area contributed by atoms with Crippen LogP contribution < -0.4 is 5.32 Å². The fraction of sp³-hybridized carbons (Fsp3) is 0.294. The van der Waals surface area contributed by atoms with Crippen LogP contribution in [0.4, 0.5) is 0 Å². The Morgan fingerprint density at radius 2 is 1.95 bits per heavy atom. The fourth-order valence-corrected chi connectivity index (χ4v) is 2.82. The van der Waals surface area contributed by atoms with E-state index in [0.717, 1.165) is 6.42 Å². The van der Waals surface area contributed by atoms with Crippen LogP contribution in [0.3, 0.4) is 0 Å². The van der Waals surface area contributed by atoms with Crippen molar-refractivity contribution in [1.82, 2.24) is 10.3 Å². The molecule has 1 saturated carbocycles. The molecule has 0 spiro atoms. The van der Waals surface area contributed by atoms with E-state index in [1.54, 1.807) is 6.07 Å². The summed E-state index contributed by atoms with van der Waals surface area (Å²) in [4.78, 5) is 16.6. The molecule has 1 atom stereocenters. The van der Waals surface area contributed by atoms with Crippen LogP contribution in [0.25, 0.3) is 0 Å². The van der Waals surface area contributed by atoms with E-state index in [0.29, 0.717) is 16.2 Å². The van der Waals surface area contributed by atoms with Crippen LogP contribution in [0.1, 0.15) is 28.9 Å². The molecular weight excluding hydrogens is 328 g/mol. The SMILES string of the molecule is O=C(N[C@H](Cc1ccccc1)C1CC1)c1cccc(Br)n1. The molecule has 1 aromatic heterocycles. The zero-order valence-corrected chi connectivity index (χ0v) is 13.2. The molecule has 0 aliphatic heterocycles. The van der Waals surface area contributed by atoms with Gasteiger partial charge in [0.05, 0.1) is 0 Å². The van der Waals surface area contributed by atoms with E-state index in [1.165, 1.54) is 18.4 Å². The lowest BCUT2D eigenvalue weighted by molar-refractivity contribution is 0.0926. The molecule has 0 unspecified atom stereocenters. The van der Waals surface area contributed by atoms with Gasteiger partial charge in [0.2, 0.25) is 0 Å². The highest BCUT2D eigenvalue weighted by Crippen LogP contribution is 2.34. The Labute approximate surface area is 132 Å². The molecular formula is C17H17BrN2O. The minimum Gasteiger partial charge on any atom is -0.347 e. The first-order valence-electron chi connectivity index (χ1n) is 7.20. The average molecular weight is 345 g/mol. The second-order valence-electron chi connectivity index (χ2n) is 5.45. The highest BCUT2D eigenvalue weighted by atomic mass is 79.9. The predicted octanol–water partition coefficient (Wildman–Crippen LogP) is 3.60. The Bertz CT molecular complexity index is 626. The molecule has 3 rings (SSSR count). The summed E-state index contributed by atoms with van der Waals surface area (Å²) in [7, 11) is 0. The van der Waals surface area contributed by atoms with Gasteiger partial charge >= 0.3 is 0 Å². The van der Waals surface area contributed by atoms with Crippen LogP contribution >= 0.6 is 15.9 Å². The number of carbonyl (C=O) groups excluding carboxylic acids is 1. The summed E-state index contributed by atoms with van der Waals surface area (Å²) < 4.78 is 0.682. The largest absolute Gasteiger partial charge is 0.347 e. The Kier molecular flexibility index (Phi) is 4.34. The van der Waals surface area contributed by atoms with Crippen molar-refractivity contribution >= 4 is 21.8 Å². The summed E-state index contributed by atoms with van der Waals surface area (Å²) in [6.07, 6.45) is 3.28. The molecule has 21 heavy (non-hydrogen) atoms. The van der Waals surface area contributed by atoms with Gasteiger partial charge in [-0.05, 0) is 58.8 Å². The van der Waals surface area contributed by atoms with Gasteiger partial charge in [-0.3, -0.25) is 4.79 Å². The van der Waals surface area contributed by atoms with Crippen molar-refractivity contribution in [3.8, 4) is 0 Å². The summed E-state index contributed by atoms with van der Waals surface area (Å²) in [6.45, 7) is 0. The van der Waals surface area contributed by atoms with Gasteiger partial charge in [-0.15, -0.1) is 0 Å². The molecule has 1 fully saturated rings. The van der Waals surface area contributed by atoms with Gasteiger partial charge in [-0.25, -0.2) is 4.98 Å². The molecule has 108 valence electrons.